The summed E-state index contributed by atoms with van der Waals surface area (Å²) in [5.74, 6) is 1.55. The lowest BCUT2D eigenvalue weighted by molar-refractivity contribution is 0.111. The molecular weight excluding hydrogens is 515 g/mol. The second-order valence-electron chi connectivity index (χ2n) is 8.93. The van der Waals surface area contributed by atoms with Crippen molar-refractivity contribution in [3.8, 4) is 0 Å². The third-order valence-electron chi connectivity index (χ3n) is 6.33. The zero-order valence-electron chi connectivity index (χ0n) is 19.3. The molecule has 2 atom stereocenters. The lowest BCUT2D eigenvalue weighted by Gasteiger charge is -2.30. The zero-order valence-corrected chi connectivity index (χ0v) is 21.6. The van der Waals surface area contributed by atoms with Crippen molar-refractivity contribution in [1.82, 2.24) is 24.9 Å². The minimum Gasteiger partial charge on any atom is -0.390 e. The Hall–Kier alpha value is -1.65. The Labute approximate surface area is 208 Å². The van der Waals surface area contributed by atoms with E-state index in [2.05, 4.69) is 57.6 Å². The van der Waals surface area contributed by atoms with Gasteiger partial charge in [-0.25, -0.2) is 0 Å². The normalized spacial score (nSPS) is 20.0. The molecule has 2 unspecified atom stereocenters. The molecule has 4 rings (SSSR count). The molecule has 0 amide bonds. The molecule has 32 heavy (non-hydrogen) atoms. The van der Waals surface area contributed by atoms with Gasteiger partial charge >= 0.3 is 0 Å². The van der Waals surface area contributed by atoms with Gasteiger partial charge in [0, 0.05) is 52.5 Å². The molecule has 0 radical (unpaired) electrons. The standard InChI is InChI=1S/C24H36N6O.HI/c1-3-25-24(30-11-8-19(16-30)12-20-13-27-28(2)15-20)26-14-23(31)18-29-10-9-21-6-4-5-7-22(21)17-29;/h4-7,13,15,19,23,31H,3,8-12,14,16-18H2,1-2H3,(H,25,26);1H. The summed E-state index contributed by atoms with van der Waals surface area (Å²) in [7, 11) is 1.97. The van der Waals surface area contributed by atoms with Gasteiger partial charge in [-0.05, 0) is 48.8 Å². The molecule has 0 spiro atoms. The third-order valence-corrected chi connectivity index (χ3v) is 6.33. The molecule has 2 aliphatic rings. The fraction of sp³-hybridized carbons (Fsp3) is 0.583. The van der Waals surface area contributed by atoms with Crippen LogP contribution in [0.25, 0.3) is 0 Å². The molecule has 3 heterocycles. The van der Waals surface area contributed by atoms with Gasteiger partial charge in [-0.2, -0.15) is 5.10 Å². The van der Waals surface area contributed by atoms with Gasteiger partial charge in [0.2, 0.25) is 0 Å². The minimum atomic E-state index is -0.451. The van der Waals surface area contributed by atoms with Crippen LogP contribution < -0.4 is 5.32 Å². The molecule has 1 aromatic carbocycles. The predicted octanol–water partition coefficient (Wildman–Crippen LogP) is 2.29. The number of likely N-dealkylation sites (tertiary alicyclic amines) is 1. The van der Waals surface area contributed by atoms with Crippen LogP contribution in [0.2, 0.25) is 0 Å². The molecular formula is C24H37IN6O. The fourth-order valence-electron chi connectivity index (χ4n) is 4.79. The molecule has 176 valence electrons. The number of aliphatic imine (C=N–C) groups is 1. The van der Waals surface area contributed by atoms with Gasteiger partial charge in [-0.15, -0.1) is 24.0 Å². The van der Waals surface area contributed by atoms with E-state index in [1.165, 1.54) is 16.7 Å². The Morgan fingerprint density at radius 1 is 1.28 bits per heavy atom. The second kappa shape index (κ2) is 12.0. The molecule has 2 N–H and O–H groups in total. The number of hydrogen-bond donors (Lipinski definition) is 2. The first-order valence-electron chi connectivity index (χ1n) is 11.6. The molecule has 7 nitrogen and oxygen atoms in total. The highest BCUT2D eigenvalue weighted by Crippen LogP contribution is 2.21. The Morgan fingerprint density at radius 3 is 2.84 bits per heavy atom. The molecule has 8 heteroatoms. The van der Waals surface area contributed by atoms with Crippen LogP contribution in [0.1, 0.15) is 30.0 Å². The van der Waals surface area contributed by atoms with Gasteiger partial charge in [0.1, 0.15) is 0 Å². The van der Waals surface area contributed by atoms with Crippen molar-refractivity contribution in [2.45, 2.75) is 38.8 Å². The first-order chi connectivity index (χ1) is 15.1. The fourth-order valence-corrected chi connectivity index (χ4v) is 4.79. The van der Waals surface area contributed by atoms with Crippen LogP contribution in [-0.2, 0) is 26.4 Å². The Kier molecular flexibility index (Phi) is 9.36. The molecule has 0 saturated carbocycles. The smallest absolute Gasteiger partial charge is 0.194 e. The Balaban J connectivity index is 0.00000289. The Morgan fingerprint density at radius 2 is 2.09 bits per heavy atom. The van der Waals surface area contributed by atoms with Crippen molar-refractivity contribution in [3.63, 3.8) is 0 Å². The topological polar surface area (TPSA) is 68.9 Å². The van der Waals surface area contributed by atoms with Gasteiger partial charge in [0.05, 0.1) is 18.8 Å². The highest BCUT2D eigenvalue weighted by Gasteiger charge is 2.26. The molecule has 2 aromatic rings. The monoisotopic (exact) mass is 552 g/mol. The van der Waals surface area contributed by atoms with Crippen LogP contribution in [0.4, 0.5) is 0 Å². The van der Waals surface area contributed by atoms with E-state index in [4.69, 9.17) is 4.99 Å². The van der Waals surface area contributed by atoms with Crippen molar-refractivity contribution in [3.05, 3.63) is 53.3 Å². The number of benzene rings is 1. The number of aromatic nitrogens is 2. The average molecular weight is 553 g/mol. The highest BCUT2D eigenvalue weighted by molar-refractivity contribution is 14.0. The van der Waals surface area contributed by atoms with Gasteiger partial charge < -0.3 is 15.3 Å². The number of halogens is 1. The lowest BCUT2D eigenvalue weighted by atomic mass is 10.00. The number of aliphatic hydroxyl groups is 1. The molecule has 0 bridgehead atoms. The maximum Gasteiger partial charge on any atom is 0.194 e. The van der Waals surface area contributed by atoms with Gasteiger partial charge in [-0.1, -0.05) is 24.3 Å². The summed E-state index contributed by atoms with van der Waals surface area (Å²) in [6, 6.07) is 8.63. The van der Waals surface area contributed by atoms with Crippen LogP contribution >= 0.6 is 24.0 Å². The number of guanidine groups is 1. The van der Waals surface area contributed by atoms with E-state index in [9.17, 15) is 5.11 Å². The largest absolute Gasteiger partial charge is 0.390 e. The van der Waals surface area contributed by atoms with E-state index in [-0.39, 0.29) is 24.0 Å². The van der Waals surface area contributed by atoms with Crippen molar-refractivity contribution in [2.75, 3.05) is 39.3 Å². The number of aryl methyl sites for hydroxylation is 1. The molecule has 1 aromatic heterocycles. The number of rotatable bonds is 7. The summed E-state index contributed by atoms with van der Waals surface area (Å²) in [6.07, 6.45) is 6.90. The summed E-state index contributed by atoms with van der Waals surface area (Å²) in [5, 5.41) is 18.4. The molecule has 2 aliphatic heterocycles. The van der Waals surface area contributed by atoms with Crippen LogP contribution in [0.5, 0.6) is 0 Å². The number of hydrogen-bond acceptors (Lipinski definition) is 4. The number of nitrogens with zero attached hydrogens (tertiary/aromatic N) is 5. The van der Waals surface area contributed by atoms with Crippen molar-refractivity contribution < 1.29 is 5.11 Å². The van der Waals surface area contributed by atoms with Gasteiger partial charge in [0.15, 0.2) is 5.96 Å². The molecule has 1 saturated heterocycles. The zero-order chi connectivity index (χ0) is 21.6. The summed E-state index contributed by atoms with van der Waals surface area (Å²) in [4.78, 5) is 9.47. The van der Waals surface area contributed by atoms with Crippen LogP contribution in [-0.4, -0.2) is 76.0 Å². The van der Waals surface area contributed by atoms with Crippen molar-refractivity contribution >= 4 is 29.9 Å². The molecule has 1 fully saturated rings. The number of fused-ring (bicyclic) bond motifs is 1. The summed E-state index contributed by atoms with van der Waals surface area (Å²) in [5.41, 5.74) is 4.12. The van der Waals surface area contributed by atoms with E-state index in [0.29, 0.717) is 19.0 Å². The second-order valence-corrected chi connectivity index (χ2v) is 8.93. The first kappa shape index (κ1) is 25.0. The van der Waals surface area contributed by atoms with Crippen LogP contribution in [0.15, 0.2) is 41.7 Å². The van der Waals surface area contributed by atoms with E-state index in [1.807, 2.05) is 17.9 Å². The van der Waals surface area contributed by atoms with E-state index >= 15 is 0 Å². The van der Waals surface area contributed by atoms with Gasteiger partial charge in [0.25, 0.3) is 0 Å². The summed E-state index contributed by atoms with van der Waals surface area (Å²) in [6.45, 7) is 7.96. The van der Waals surface area contributed by atoms with Gasteiger partial charge in [-0.3, -0.25) is 14.6 Å². The van der Waals surface area contributed by atoms with Crippen molar-refractivity contribution in [2.24, 2.45) is 18.0 Å². The maximum absolute atomic E-state index is 10.7. The summed E-state index contributed by atoms with van der Waals surface area (Å²) >= 11 is 0. The number of nitrogens with one attached hydrogen (secondary N) is 1. The maximum atomic E-state index is 10.7. The predicted molar refractivity (Wildman–Crippen MR) is 139 cm³/mol. The average Bonchev–Trinajstić information content (AvgIpc) is 3.40. The minimum absolute atomic E-state index is 0. The van der Waals surface area contributed by atoms with Crippen molar-refractivity contribution in [1.29, 1.82) is 0 Å². The highest BCUT2D eigenvalue weighted by atomic mass is 127. The quantitative estimate of drug-likeness (QED) is 0.314. The van der Waals surface area contributed by atoms with Crippen LogP contribution in [0, 0.1) is 5.92 Å². The first-order valence-corrected chi connectivity index (χ1v) is 11.6. The SMILES string of the molecule is CCNC(=NCC(O)CN1CCc2ccccc2C1)N1CCC(Cc2cnn(C)c2)C1.I. The lowest BCUT2D eigenvalue weighted by Crippen LogP contribution is -2.42. The van der Waals surface area contributed by atoms with Crippen LogP contribution in [0.3, 0.4) is 0 Å². The van der Waals surface area contributed by atoms with E-state index in [0.717, 1.165) is 57.9 Å². The third kappa shape index (κ3) is 6.68. The number of aliphatic hydroxyl groups excluding tert-OH is 1. The Bertz CT molecular complexity index is 885. The van der Waals surface area contributed by atoms with E-state index < -0.39 is 6.10 Å². The van der Waals surface area contributed by atoms with E-state index in [1.54, 1.807) is 0 Å². The number of β-amino-alcohol motifs (C(OH)–C–C–N with tert-alkyl or cyclic N) is 1. The molecule has 0 aliphatic carbocycles. The summed E-state index contributed by atoms with van der Waals surface area (Å²) < 4.78 is 1.87.